The number of carboxylic acid groups (broad SMARTS) is 1. The summed E-state index contributed by atoms with van der Waals surface area (Å²) in [5, 5.41) is 8.99. The Morgan fingerprint density at radius 3 is 2.60 bits per heavy atom. The summed E-state index contributed by atoms with van der Waals surface area (Å²) in [7, 11) is 0. The molecule has 0 saturated heterocycles. The molecule has 0 aromatic carbocycles. The number of aromatic carboxylic acids is 1. The number of rotatable bonds is 3. The zero-order chi connectivity index (χ0) is 11.6. The minimum atomic E-state index is -1.05. The van der Waals surface area contributed by atoms with Crippen molar-refractivity contribution in [3.63, 3.8) is 0 Å². The van der Waals surface area contributed by atoms with Crippen molar-refractivity contribution >= 4 is 5.97 Å². The van der Waals surface area contributed by atoms with Crippen molar-refractivity contribution in [3.05, 3.63) is 27.4 Å². The van der Waals surface area contributed by atoms with Gasteiger partial charge in [-0.15, -0.1) is 0 Å². The van der Waals surface area contributed by atoms with E-state index in [-0.39, 0.29) is 11.5 Å². The van der Waals surface area contributed by atoms with Crippen LogP contribution in [0.15, 0.2) is 4.79 Å². The number of H-pyrrole nitrogens is 1. The van der Waals surface area contributed by atoms with Crippen LogP contribution in [0.25, 0.3) is 0 Å². The van der Waals surface area contributed by atoms with Gasteiger partial charge in [-0.3, -0.25) is 0 Å². The quantitative estimate of drug-likeness (QED) is 0.778. The topological polar surface area (TPSA) is 83.0 Å². The summed E-state index contributed by atoms with van der Waals surface area (Å²) in [6, 6.07) is 0. The van der Waals surface area contributed by atoms with Gasteiger partial charge >= 0.3 is 11.7 Å². The van der Waals surface area contributed by atoms with Crippen LogP contribution in [0, 0.1) is 12.8 Å². The van der Waals surface area contributed by atoms with E-state index in [1.54, 1.807) is 6.92 Å². The number of nitrogens with zero attached hydrogens (tertiary/aromatic N) is 1. The molecule has 0 aliphatic carbocycles. The first kappa shape index (κ1) is 11.4. The molecule has 0 spiro atoms. The Hall–Kier alpha value is -1.65. The summed E-state index contributed by atoms with van der Waals surface area (Å²) in [6.07, 6.45) is 0.492. The van der Waals surface area contributed by atoms with Crippen molar-refractivity contribution in [3.8, 4) is 0 Å². The second-order valence-corrected chi connectivity index (χ2v) is 3.89. The Kier molecular flexibility index (Phi) is 3.24. The molecule has 1 aromatic heterocycles. The van der Waals surface area contributed by atoms with Crippen LogP contribution < -0.4 is 5.69 Å². The summed E-state index contributed by atoms with van der Waals surface area (Å²) in [5.41, 5.74) is 0.341. The predicted molar refractivity (Wildman–Crippen MR) is 55.1 cm³/mol. The molecule has 1 heterocycles. The summed E-state index contributed by atoms with van der Waals surface area (Å²) in [5.74, 6) is -0.788. The lowest BCUT2D eigenvalue weighted by Gasteiger charge is -2.08. The molecule has 0 aliphatic heterocycles. The lowest BCUT2D eigenvalue weighted by Crippen LogP contribution is -2.21. The molecular weight excluding hydrogens is 196 g/mol. The Morgan fingerprint density at radius 1 is 1.53 bits per heavy atom. The van der Waals surface area contributed by atoms with Gasteiger partial charge in [-0.05, 0) is 19.3 Å². The van der Waals surface area contributed by atoms with Crippen LogP contribution >= 0.6 is 0 Å². The van der Waals surface area contributed by atoms with Crippen molar-refractivity contribution in [1.82, 2.24) is 9.97 Å². The molecule has 0 atom stereocenters. The molecule has 2 N–H and O–H groups in total. The molecule has 0 saturated carbocycles. The fourth-order valence-corrected chi connectivity index (χ4v) is 1.46. The summed E-state index contributed by atoms with van der Waals surface area (Å²) in [4.78, 5) is 28.2. The van der Waals surface area contributed by atoms with E-state index < -0.39 is 11.7 Å². The van der Waals surface area contributed by atoms with Gasteiger partial charge in [0.15, 0.2) is 0 Å². The standard InChI is InChI=1S/C10H14N2O3/c1-5(2)4-7-8(9(13)14)6(3)11-10(15)12-7/h5H,4H2,1-3H3,(H,13,14)(H,11,12,15). The minimum Gasteiger partial charge on any atom is -0.478 e. The molecule has 0 fully saturated rings. The first-order valence-electron chi connectivity index (χ1n) is 4.75. The second kappa shape index (κ2) is 4.25. The molecule has 0 amide bonds. The summed E-state index contributed by atoms with van der Waals surface area (Å²) in [6.45, 7) is 5.46. The van der Waals surface area contributed by atoms with Gasteiger partial charge in [0.25, 0.3) is 0 Å². The molecule has 0 bridgehead atoms. The third-order valence-corrected chi connectivity index (χ3v) is 2.01. The van der Waals surface area contributed by atoms with Crippen LogP contribution in [-0.4, -0.2) is 21.0 Å². The zero-order valence-electron chi connectivity index (χ0n) is 9.00. The third kappa shape index (κ3) is 2.65. The Balaban J connectivity index is 3.33. The predicted octanol–water partition coefficient (Wildman–Crippen LogP) is 0.975. The van der Waals surface area contributed by atoms with Crippen molar-refractivity contribution in [2.75, 3.05) is 0 Å². The Morgan fingerprint density at radius 2 is 2.13 bits per heavy atom. The van der Waals surface area contributed by atoms with Gasteiger partial charge in [-0.25, -0.2) is 9.59 Å². The molecule has 1 rings (SSSR count). The second-order valence-electron chi connectivity index (χ2n) is 3.89. The maximum absolute atomic E-state index is 11.1. The summed E-state index contributed by atoms with van der Waals surface area (Å²) < 4.78 is 0. The van der Waals surface area contributed by atoms with E-state index in [1.807, 2.05) is 13.8 Å². The highest BCUT2D eigenvalue weighted by Crippen LogP contribution is 2.12. The van der Waals surface area contributed by atoms with Crippen molar-refractivity contribution in [2.45, 2.75) is 27.2 Å². The van der Waals surface area contributed by atoms with Gasteiger partial charge in [0.05, 0.1) is 5.69 Å². The van der Waals surface area contributed by atoms with Gasteiger partial charge in [-0.2, -0.15) is 4.98 Å². The molecule has 0 unspecified atom stereocenters. The molecule has 5 heteroatoms. The Bertz CT molecular complexity index is 435. The SMILES string of the molecule is Cc1[nH]c(=O)nc(CC(C)C)c1C(=O)O. The smallest absolute Gasteiger partial charge is 0.345 e. The molecular formula is C10H14N2O3. The van der Waals surface area contributed by atoms with Crippen LogP contribution in [0.2, 0.25) is 0 Å². The van der Waals surface area contributed by atoms with Crippen LogP contribution in [0.1, 0.15) is 35.6 Å². The number of hydrogen-bond donors (Lipinski definition) is 2. The largest absolute Gasteiger partial charge is 0.478 e. The fourth-order valence-electron chi connectivity index (χ4n) is 1.46. The lowest BCUT2D eigenvalue weighted by molar-refractivity contribution is 0.0693. The first-order chi connectivity index (χ1) is 6.91. The average Bonchev–Trinajstić information content (AvgIpc) is 1.99. The first-order valence-corrected chi connectivity index (χ1v) is 4.75. The zero-order valence-corrected chi connectivity index (χ0v) is 9.00. The van der Waals surface area contributed by atoms with Crippen molar-refractivity contribution < 1.29 is 9.90 Å². The van der Waals surface area contributed by atoms with E-state index in [2.05, 4.69) is 9.97 Å². The number of aromatic amines is 1. The highest BCUT2D eigenvalue weighted by molar-refractivity contribution is 5.89. The Labute approximate surface area is 87.2 Å². The highest BCUT2D eigenvalue weighted by atomic mass is 16.4. The van der Waals surface area contributed by atoms with Gasteiger partial charge < -0.3 is 10.1 Å². The molecule has 15 heavy (non-hydrogen) atoms. The van der Waals surface area contributed by atoms with E-state index in [9.17, 15) is 9.59 Å². The van der Waals surface area contributed by atoms with E-state index >= 15 is 0 Å². The van der Waals surface area contributed by atoms with E-state index in [0.717, 1.165) is 0 Å². The number of hydrogen-bond acceptors (Lipinski definition) is 3. The highest BCUT2D eigenvalue weighted by Gasteiger charge is 2.16. The van der Waals surface area contributed by atoms with Gasteiger partial charge in [0, 0.05) is 5.69 Å². The minimum absolute atomic E-state index is 0.114. The van der Waals surface area contributed by atoms with Crippen LogP contribution in [0.5, 0.6) is 0 Å². The number of aryl methyl sites for hydroxylation is 1. The maximum atomic E-state index is 11.1. The summed E-state index contributed by atoms with van der Waals surface area (Å²) >= 11 is 0. The molecule has 0 radical (unpaired) electrons. The molecule has 82 valence electrons. The van der Waals surface area contributed by atoms with Crippen molar-refractivity contribution in [1.29, 1.82) is 0 Å². The number of carbonyl (C=O) groups is 1. The van der Waals surface area contributed by atoms with E-state index in [1.165, 1.54) is 0 Å². The molecule has 0 aliphatic rings. The van der Waals surface area contributed by atoms with Gasteiger partial charge in [0.2, 0.25) is 0 Å². The monoisotopic (exact) mass is 210 g/mol. The number of aromatic nitrogens is 2. The maximum Gasteiger partial charge on any atom is 0.345 e. The normalized spacial score (nSPS) is 10.7. The number of carboxylic acids is 1. The van der Waals surface area contributed by atoms with Crippen LogP contribution in [-0.2, 0) is 6.42 Å². The third-order valence-electron chi connectivity index (χ3n) is 2.01. The molecule has 5 nitrogen and oxygen atoms in total. The van der Waals surface area contributed by atoms with Crippen LogP contribution in [0.4, 0.5) is 0 Å². The van der Waals surface area contributed by atoms with Crippen molar-refractivity contribution in [2.24, 2.45) is 5.92 Å². The van der Waals surface area contributed by atoms with Gasteiger partial charge in [0.1, 0.15) is 5.56 Å². The number of nitrogens with one attached hydrogen (secondary N) is 1. The lowest BCUT2D eigenvalue weighted by atomic mass is 10.0. The average molecular weight is 210 g/mol. The van der Waals surface area contributed by atoms with E-state index in [4.69, 9.17) is 5.11 Å². The fraction of sp³-hybridized carbons (Fsp3) is 0.500. The van der Waals surface area contributed by atoms with E-state index in [0.29, 0.717) is 17.8 Å². The van der Waals surface area contributed by atoms with Gasteiger partial charge in [-0.1, -0.05) is 13.8 Å². The molecule has 1 aromatic rings. The van der Waals surface area contributed by atoms with Crippen LogP contribution in [0.3, 0.4) is 0 Å².